The van der Waals surface area contributed by atoms with Crippen LogP contribution < -0.4 is 5.73 Å². The fraction of sp³-hybridized carbons (Fsp3) is 0.182. The summed E-state index contributed by atoms with van der Waals surface area (Å²) in [5.74, 6) is 0. The van der Waals surface area contributed by atoms with Gasteiger partial charge in [-0.1, -0.05) is 12.1 Å². The van der Waals surface area contributed by atoms with E-state index in [0.717, 1.165) is 17.1 Å². The smallest absolute Gasteiger partial charge is 0.325 e. The van der Waals surface area contributed by atoms with E-state index in [9.17, 15) is 13.2 Å². The molecule has 17 heavy (non-hydrogen) atoms. The molecule has 0 atom stereocenters. The molecule has 2 aromatic rings. The third-order valence-corrected chi connectivity index (χ3v) is 3.11. The van der Waals surface area contributed by atoms with Crippen molar-refractivity contribution in [2.24, 2.45) is 5.73 Å². The number of benzene rings is 1. The Bertz CT molecular complexity index is 502. The predicted molar refractivity (Wildman–Crippen MR) is 60.4 cm³/mol. The zero-order chi connectivity index (χ0) is 12.5. The Hall–Kier alpha value is -1.40. The topological polar surface area (TPSA) is 38.9 Å². The molecule has 0 unspecified atom stereocenters. The number of alkyl halides is 3. The summed E-state index contributed by atoms with van der Waals surface area (Å²) in [4.78, 5) is 4.20. The number of hydrogen-bond donors (Lipinski definition) is 1. The summed E-state index contributed by atoms with van der Waals surface area (Å²) in [7, 11) is 0. The largest absolute Gasteiger partial charge is 0.416 e. The van der Waals surface area contributed by atoms with E-state index in [1.165, 1.54) is 23.5 Å². The average Bonchev–Trinajstić information content (AvgIpc) is 2.76. The van der Waals surface area contributed by atoms with Gasteiger partial charge in [0.15, 0.2) is 0 Å². The molecule has 0 fully saturated rings. The van der Waals surface area contributed by atoms with Crippen LogP contribution in [0.15, 0.2) is 29.6 Å². The number of nitrogens with zero attached hydrogens (tertiary/aromatic N) is 1. The monoisotopic (exact) mass is 258 g/mol. The Balaban J connectivity index is 2.29. The first kappa shape index (κ1) is 12.1. The molecule has 2 rings (SSSR count). The van der Waals surface area contributed by atoms with Crippen molar-refractivity contribution in [2.75, 3.05) is 0 Å². The number of rotatable bonds is 2. The van der Waals surface area contributed by atoms with Crippen LogP contribution in [-0.2, 0) is 12.7 Å². The number of aromatic nitrogens is 1. The summed E-state index contributed by atoms with van der Waals surface area (Å²) in [6, 6.07) is 4.93. The highest BCUT2D eigenvalue weighted by molar-refractivity contribution is 7.09. The molecule has 6 heteroatoms. The van der Waals surface area contributed by atoms with Crippen LogP contribution in [0.2, 0.25) is 0 Å². The molecule has 1 aromatic carbocycles. The van der Waals surface area contributed by atoms with E-state index in [2.05, 4.69) is 4.98 Å². The van der Waals surface area contributed by atoms with E-state index < -0.39 is 11.7 Å². The summed E-state index contributed by atoms with van der Waals surface area (Å²) in [5.41, 5.74) is 6.08. The van der Waals surface area contributed by atoms with E-state index in [4.69, 9.17) is 5.73 Å². The molecular weight excluding hydrogens is 249 g/mol. The molecule has 0 amide bonds. The fourth-order valence-electron chi connectivity index (χ4n) is 1.37. The quantitative estimate of drug-likeness (QED) is 0.897. The highest BCUT2D eigenvalue weighted by atomic mass is 32.1. The third kappa shape index (κ3) is 2.65. The van der Waals surface area contributed by atoms with Crippen molar-refractivity contribution in [3.8, 4) is 11.3 Å². The first-order valence-corrected chi connectivity index (χ1v) is 5.71. The second-order valence-corrected chi connectivity index (χ2v) is 4.35. The van der Waals surface area contributed by atoms with E-state index in [1.54, 1.807) is 5.38 Å². The standard InChI is InChI=1S/C11H9F3N2S/c12-11(13,14)8-3-1-7(2-4-8)9-6-17-10(5-15)16-9/h1-4,6H,5,15H2. The molecule has 0 saturated carbocycles. The van der Waals surface area contributed by atoms with Gasteiger partial charge in [-0.25, -0.2) is 4.98 Å². The van der Waals surface area contributed by atoms with Gasteiger partial charge in [0, 0.05) is 17.5 Å². The van der Waals surface area contributed by atoms with Gasteiger partial charge in [-0.05, 0) is 12.1 Å². The molecule has 0 bridgehead atoms. The zero-order valence-electron chi connectivity index (χ0n) is 8.66. The number of thiazole rings is 1. The van der Waals surface area contributed by atoms with E-state index in [-0.39, 0.29) is 0 Å². The lowest BCUT2D eigenvalue weighted by Crippen LogP contribution is -2.04. The van der Waals surface area contributed by atoms with Crippen molar-refractivity contribution in [3.05, 3.63) is 40.2 Å². The minimum atomic E-state index is -4.30. The van der Waals surface area contributed by atoms with E-state index in [0.29, 0.717) is 17.8 Å². The summed E-state index contributed by atoms with van der Waals surface area (Å²) >= 11 is 1.40. The fourth-order valence-corrected chi connectivity index (χ4v) is 2.05. The van der Waals surface area contributed by atoms with Gasteiger partial charge in [-0.3, -0.25) is 0 Å². The highest BCUT2D eigenvalue weighted by Gasteiger charge is 2.29. The van der Waals surface area contributed by atoms with Crippen molar-refractivity contribution in [2.45, 2.75) is 12.7 Å². The summed E-state index contributed by atoms with van der Waals surface area (Å²) in [6.45, 7) is 0.339. The molecule has 90 valence electrons. The summed E-state index contributed by atoms with van der Waals surface area (Å²) in [6.07, 6.45) is -4.30. The molecule has 0 saturated heterocycles. The maximum atomic E-state index is 12.4. The second-order valence-electron chi connectivity index (χ2n) is 3.41. The van der Waals surface area contributed by atoms with Crippen molar-refractivity contribution in [1.82, 2.24) is 4.98 Å². The Morgan fingerprint density at radius 2 is 1.82 bits per heavy atom. The van der Waals surface area contributed by atoms with Crippen LogP contribution in [-0.4, -0.2) is 4.98 Å². The summed E-state index contributed by atoms with van der Waals surface area (Å²) < 4.78 is 37.1. The van der Waals surface area contributed by atoms with Crippen LogP contribution in [0.3, 0.4) is 0 Å². The molecule has 2 N–H and O–H groups in total. The van der Waals surface area contributed by atoms with Gasteiger partial charge in [0.1, 0.15) is 5.01 Å². The molecule has 0 spiro atoms. The molecule has 1 aromatic heterocycles. The maximum absolute atomic E-state index is 12.4. The van der Waals surface area contributed by atoms with Gasteiger partial charge in [-0.2, -0.15) is 13.2 Å². The van der Waals surface area contributed by atoms with Gasteiger partial charge in [0.05, 0.1) is 11.3 Å². The predicted octanol–water partition coefficient (Wildman–Crippen LogP) is 3.29. The lowest BCUT2D eigenvalue weighted by molar-refractivity contribution is -0.137. The van der Waals surface area contributed by atoms with Gasteiger partial charge >= 0.3 is 6.18 Å². The van der Waals surface area contributed by atoms with Crippen LogP contribution >= 0.6 is 11.3 Å². The second kappa shape index (κ2) is 4.46. The molecule has 1 heterocycles. The molecule has 0 aliphatic carbocycles. The first-order chi connectivity index (χ1) is 8.00. The minimum absolute atomic E-state index is 0.339. The maximum Gasteiger partial charge on any atom is 0.416 e. The van der Waals surface area contributed by atoms with Gasteiger partial charge in [-0.15, -0.1) is 11.3 Å². The number of nitrogens with two attached hydrogens (primary N) is 1. The van der Waals surface area contributed by atoms with E-state index in [1.807, 2.05) is 0 Å². The van der Waals surface area contributed by atoms with Crippen molar-refractivity contribution < 1.29 is 13.2 Å². The molecule has 0 aliphatic rings. The Morgan fingerprint density at radius 3 is 2.29 bits per heavy atom. The van der Waals surface area contributed by atoms with Crippen LogP contribution in [0.25, 0.3) is 11.3 Å². The average molecular weight is 258 g/mol. The van der Waals surface area contributed by atoms with E-state index >= 15 is 0 Å². The Kier molecular flexibility index (Phi) is 3.17. The van der Waals surface area contributed by atoms with Crippen LogP contribution in [0.5, 0.6) is 0 Å². The number of halogens is 3. The van der Waals surface area contributed by atoms with Gasteiger partial charge < -0.3 is 5.73 Å². The molecule has 2 nitrogen and oxygen atoms in total. The molecule has 0 radical (unpaired) electrons. The lowest BCUT2D eigenvalue weighted by atomic mass is 10.1. The van der Waals surface area contributed by atoms with Gasteiger partial charge in [0.25, 0.3) is 0 Å². The third-order valence-electron chi connectivity index (χ3n) is 2.23. The molecule has 0 aliphatic heterocycles. The van der Waals surface area contributed by atoms with Crippen LogP contribution in [0.1, 0.15) is 10.6 Å². The van der Waals surface area contributed by atoms with Crippen LogP contribution in [0, 0.1) is 0 Å². The molecular formula is C11H9F3N2S. The highest BCUT2D eigenvalue weighted by Crippen LogP contribution is 2.31. The Morgan fingerprint density at radius 1 is 1.18 bits per heavy atom. The normalized spacial score (nSPS) is 11.8. The zero-order valence-corrected chi connectivity index (χ0v) is 9.48. The lowest BCUT2D eigenvalue weighted by Gasteiger charge is -2.06. The van der Waals surface area contributed by atoms with Crippen molar-refractivity contribution in [3.63, 3.8) is 0 Å². The van der Waals surface area contributed by atoms with Crippen molar-refractivity contribution in [1.29, 1.82) is 0 Å². The van der Waals surface area contributed by atoms with Crippen LogP contribution in [0.4, 0.5) is 13.2 Å². The van der Waals surface area contributed by atoms with Gasteiger partial charge in [0.2, 0.25) is 0 Å². The minimum Gasteiger partial charge on any atom is -0.325 e. The summed E-state index contributed by atoms with van der Waals surface area (Å²) in [5, 5.41) is 2.55. The SMILES string of the molecule is NCc1nc(-c2ccc(C(F)(F)F)cc2)cs1. The first-order valence-electron chi connectivity index (χ1n) is 4.83. The number of hydrogen-bond acceptors (Lipinski definition) is 3. The van der Waals surface area contributed by atoms with Crippen molar-refractivity contribution >= 4 is 11.3 Å². The Labute approximate surface area is 99.9 Å².